The molecule has 1 aliphatic heterocycles. The highest BCUT2D eigenvalue weighted by atomic mass is 79.9. The lowest BCUT2D eigenvalue weighted by Gasteiger charge is -2.22. The lowest BCUT2D eigenvalue weighted by Crippen LogP contribution is -2.43. The van der Waals surface area contributed by atoms with Crippen LogP contribution >= 0.6 is 27.3 Å². The molecule has 2 rings (SSSR count). The molecule has 1 aromatic rings. The molecule has 0 saturated carbocycles. The van der Waals surface area contributed by atoms with Crippen LogP contribution in [0.1, 0.15) is 24.6 Å². The quantitative estimate of drug-likeness (QED) is 0.923. The van der Waals surface area contributed by atoms with E-state index in [1.807, 2.05) is 18.4 Å². The molecule has 0 radical (unpaired) electrons. The summed E-state index contributed by atoms with van der Waals surface area (Å²) in [6.07, 6.45) is 1.02. The fourth-order valence-electron chi connectivity index (χ4n) is 1.95. The first-order valence-corrected chi connectivity index (χ1v) is 7.58. The second-order valence-electron chi connectivity index (χ2n) is 4.27. The highest BCUT2D eigenvalue weighted by Gasteiger charge is 2.28. The molecular weight excluding hydrogens is 316 g/mol. The number of carbonyl (C=O) groups excluding carboxylic acids is 2. The van der Waals surface area contributed by atoms with Gasteiger partial charge in [0, 0.05) is 27.7 Å². The molecule has 6 heteroatoms. The highest BCUT2D eigenvalue weighted by molar-refractivity contribution is 9.10. The van der Waals surface area contributed by atoms with Gasteiger partial charge >= 0.3 is 0 Å². The molecule has 0 aliphatic carbocycles. The van der Waals surface area contributed by atoms with E-state index < -0.39 is 0 Å². The van der Waals surface area contributed by atoms with Gasteiger partial charge in [0.05, 0.1) is 6.54 Å². The van der Waals surface area contributed by atoms with Crippen molar-refractivity contribution in [3.8, 4) is 0 Å². The predicted molar refractivity (Wildman–Crippen MR) is 74.3 cm³/mol. The van der Waals surface area contributed by atoms with Crippen LogP contribution in [0.15, 0.2) is 15.9 Å². The number of nitrogens with one attached hydrogen (secondary N) is 1. The molecule has 18 heavy (non-hydrogen) atoms. The first-order valence-electron chi connectivity index (χ1n) is 5.91. The summed E-state index contributed by atoms with van der Waals surface area (Å²) in [5, 5.41) is 4.76. The minimum absolute atomic E-state index is 0.0212. The number of amides is 2. The van der Waals surface area contributed by atoms with Gasteiger partial charge in [0.25, 0.3) is 0 Å². The predicted octanol–water partition coefficient (Wildman–Crippen LogP) is 2.14. The average molecular weight is 331 g/mol. The number of rotatable bonds is 3. The molecule has 1 aromatic heterocycles. The molecule has 1 atom stereocenters. The van der Waals surface area contributed by atoms with Crippen molar-refractivity contribution >= 4 is 39.1 Å². The van der Waals surface area contributed by atoms with Crippen molar-refractivity contribution in [1.29, 1.82) is 0 Å². The molecule has 98 valence electrons. The molecule has 1 unspecified atom stereocenters. The van der Waals surface area contributed by atoms with Crippen molar-refractivity contribution in [2.45, 2.75) is 32.4 Å². The van der Waals surface area contributed by atoms with Crippen molar-refractivity contribution in [3.63, 3.8) is 0 Å². The lowest BCUT2D eigenvalue weighted by molar-refractivity contribution is -0.134. The molecule has 2 amide bonds. The molecule has 1 fully saturated rings. The molecule has 0 bridgehead atoms. The van der Waals surface area contributed by atoms with Gasteiger partial charge in [0.1, 0.15) is 6.04 Å². The molecular formula is C12H15BrN2O2S. The van der Waals surface area contributed by atoms with Crippen LogP contribution in [0.2, 0.25) is 0 Å². The maximum absolute atomic E-state index is 12.2. The summed E-state index contributed by atoms with van der Waals surface area (Å²) in [5.74, 6) is -0.0158. The third-order valence-electron chi connectivity index (χ3n) is 2.93. The summed E-state index contributed by atoms with van der Waals surface area (Å²) in [6, 6.07) is 1.64. The van der Waals surface area contributed by atoms with E-state index in [1.165, 1.54) is 0 Å². The second-order valence-corrected chi connectivity index (χ2v) is 6.18. The monoisotopic (exact) mass is 330 g/mol. The van der Waals surface area contributed by atoms with Crippen LogP contribution in [0.25, 0.3) is 0 Å². The number of hydrogen-bond acceptors (Lipinski definition) is 3. The van der Waals surface area contributed by atoms with E-state index in [0.29, 0.717) is 25.9 Å². The van der Waals surface area contributed by atoms with Gasteiger partial charge in [-0.25, -0.2) is 0 Å². The largest absolute Gasteiger partial charge is 0.344 e. The Morgan fingerprint density at radius 1 is 1.56 bits per heavy atom. The van der Waals surface area contributed by atoms with Crippen LogP contribution in [0.3, 0.4) is 0 Å². The van der Waals surface area contributed by atoms with Gasteiger partial charge in [-0.3, -0.25) is 9.59 Å². The lowest BCUT2D eigenvalue weighted by atomic mass is 10.2. The fourth-order valence-corrected chi connectivity index (χ4v) is 3.42. The van der Waals surface area contributed by atoms with Crippen molar-refractivity contribution in [3.05, 3.63) is 20.8 Å². The first-order chi connectivity index (χ1) is 8.60. The Hall–Kier alpha value is -0.880. The van der Waals surface area contributed by atoms with Crippen molar-refractivity contribution in [2.75, 3.05) is 6.54 Å². The molecule has 1 aliphatic rings. The number of carbonyl (C=O) groups is 2. The summed E-state index contributed by atoms with van der Waals surface area (Å²) >= 11 is 5.02. The Labute approximate surface area is 118 Å². The first kappa shape index (κ1) is 13.5. The van der Waals surface area contributed by atoms with Gasteiger partial charge in [-0.2, -0.15) is 0 Å². The van der Waals surface area contributed by atoms with Gasteiger partial charge in [-0.1, -0.05) is 6.92 Å². The maximum Gasteiger partial charge on any atom is 0.245 e. The van der Waals surface area contributed by atoms with Crippen LogP contribution in [0.5, 0.6) is 0 Å². The molecule has 4 nitrogen and oxygen atoms in total. The van der Waals surface area contributed by atoms with Gasteiger partial charge < -0.3 is 10.2 Å². The molecule has 1 saturated heterocycles. The summed E-state index contributed by atoms with van der Waals surface area (Å²) in [7, 11) is 0. The standard InChI is InChI=1S/C12H15BrN2O2S/c1-2-10-12(17)15(4-3-11(16)14-10)6-9-5-8(13)7-18-9/h5,7,10H,2-4,6H2,1H3,(H,14,16). The van der Waals surface area contributed by atoms with E-state index in [1.54, 1.807) is 16.2 Å². The highest BCUT2D eigenvalue weighted by Crippen LogP contribution is 2.22. The minimum atomic E-state index is -0.372. The van der Waals surface area contributed by atoms with E-state index in [-0.39, 0.29) is 17.9 Å². The Kier molecular flexibility index (Phi) is 4.40. The third-order valence-corrected chi connectivity index (χ3v) is 4.61. The van der Waals surface area contributed by atoms with Crippen molar-refractivity contribution in [1.82, 2.24) is 10.2 Å². The minimum Gasteiger partial charge on any atom is -0.344 e. The number of halogens is 1. The van der Waals surface area contributed by atoms with Crippen LogP contribution in [-0.2, 0) is 16.1 Å². The SMILES string of the molecule is CCC1NC(=O)CCN(Cc2cc(Br)cs2)C1=O. The average Bonchev–Trinajstić information content (AvgIpc) is 2.70. The van der Waals surface area contributed by atoms with Crippen LogP contribution < -0.4 is 5.32 Å². The van der Waals surface area contributed by atoms with E-state index in [0.717, 1.165) is 9.35 Å². The summed E-state index contributed by atoms with van der Waals surface area (Å²) in [4.78, 5) is 26.6. The van der Waals surface area contributed by atoms with E-state index in [9.17, 15) is 9.59 Å². The Morgan fingerprint density at radius 3 is 2.94 bits per heavy atom. The zero-order valence-electron chi connectivity index (χ0n) is 10.1. The molecule has 2 heterocycles. The van der Waals surface area contributed by atoms with Crippen LogP contribution in [-0.4, -0.2) is 29.3 Å². The van der Waals surface area contributed by atoms with Gasteiger partial charge in [0.15, 0.2) is 0 Å². The Bertz CT molecular complexity index is 461. The third kappa shape index (κ3) is 3.11. The van der Waals surface area contributed by atoms with Gasteiger partial charge in [-0.15, -0.1) is 11.3 Å². The maximum atomic E-state index is 12.2. The van der Waals surface area contributed by atoms with Crippen molar-refractivity contribution in [2.24, 2.45) is 0 Å². The van der Waals surface area contributed by atoms with Gasteiger partial charge in [0.2, 0.25) is 11.8 Å². The van der Waals surface area contributed by atoms with E-state index in [4.69, 9.17) is 0 Å². The fraction of sp³-hybridized carbons (Fsp3) is 0.500. The number of nitrogens with zero attached hydrogens (tertiary/aromatic N) is 1. The van der Waals surface area contributed by atoms with Crippen LogP contribution in [0, 0.1) is 0 Å². The molecule has 0 aromatic carbocycles. The topological polar surface area (TPSA) is 49.4 Å². The zero-order valence-corrected chi connectivity index (χ0v) is 12.5. The normalized spacial score (nSPS) is 20.8. The Morgan fingerprint density at radius 2 is 2.33 bits per heavy atom. The van der Waals surface area contributed by atoms with E-state index >= 15 is 0 Å². The summed E-state index contributed by atoms with van der Waals surface area (Å²) in [6.45, 7) is 2.99. The summed E-state index contributed by atoms with van der Waals surface area (Å²) < 4.78 is 1.03. The number of thiophene rings is 1. The Balaban J connectivity index is 2.10. The number of hydrogen-bond donors (Lipinski definition) is 1. The molecule has 1 N–H and O–H groups in total. The zero-order chi connectivity index (χ0) is 13.1. The van der Waals surface area contributed by atoms with E-state index in [2.05, 4.69) is 21.2 Å². The van der Waals surface area contributed by atoms with Crippen LogP contribution in [0.4, 0.5) is 0 Å². The molecule has 0 spiro atoms. The smallest absolute Gasteiger partial charge is 0.245 e. The van der Waals surface area contributed by atoms with Crippen molar-refractivity contribution < 1.29 is 9.59 Å². The summed E-state index contributed by atoms with van der Waals surface area (Å²) in [5.41, 5.74) is 0. The van der Waals surface area contributed by atoms with Gasteiger partial charge in [-0.05, 0) is 28.4 Å². The second kappa shape index (κ2) is 5.84.